The largest absolute Gasteiger partial charge is 0.444 e. The summed E-state index contributed by atoms with van der Waals surface area (Å²) in [6, 6.07) is 0. The molecule has 0 aromatic heterocycles. The van der Waals surface area contributed by atoms with Gasteiger partial charge in [0.1, 0.15) is 5.60 Å². The molecule has 2 fully saturated rings. The molecule has 1 atom stereocenters. The van der Waals surface area contributed by atoms with E-state index in [9.17, 15) is 4.79 Å². The highest BCUT2D eigenvalue weighted by molar-refractivity contribution is 5.80. The van der Waals surface area contributed by atoms with E-state index in [4.69, 9.17) is 14.5 Å². The minimum Gasteiger partial charge on any atom is -0.444 e. The zero-order valence-electron chi connectivity index (χ0n) is 19.2. The highest BCUT2D eigenvalue weighted by atomic mass is 16.6. The predicted molar refractivity (Wildman–Crippen MR) is 117 cm³/mol. The molecule has 0 saturated carbocycles. The van der Waals surface area contributed by atoms with Crippen LogP contribution < -0.4 is 5.32 Å². The average Bonchev–Trinajstić information content (AvgIpc) is 2.67. The predicted octanol–water partition coefficient (Wildman–Crippen LogP) is 3.49. The second-order valence-electron chi connectivity index (χ2n) is 9.10. The van der Waals surface area contributed by atoms with Crippen LogP contribution >= 0.6 is 0 Å². The number of rotatable bonds is 6. The number of piperidine rings is 2. The van der Waals surface area contributed by atoms with Gasteiger partial charge in [0.15, 0.2) is 5.96 Å². The van der Waals surface area contributed by atoms with E-state index in [0.29, 0.717) is 12.0 Å². The number of hydrogen-bond donors (Lipinski definition) is 1. The second kappa shape index (κ2) is 11.6. The molecule has 1 N–H and O–H groups in total. The van der Waals surface area contributed by atoms with Gasteiger partial charge in [0.25, 0.3) is 0 Å². The molecule has 2 heterocycles. The monoisotopic (exact) mass is 410 g/mol. The minimum atomic E-state index is -0.440. The number of amides is 1. The molecule has 0 aliphatic carbocycles. The molecule has 0 aromatic carbocycles. The molecule has 7 nitrogen and oxygen atoms in total. The van der Waals surface area contributed by atoms with Crippen molar-refractivity contribution in [2.45, 2.75) is 78.4 Å². The highest BCUT2D eigenvalue weighted by Crippen LogP contribution is 2.22. The number of hydrogen-bond acceptors (Lipinski definition) is 4. The summed E-state index contributed by atoms with van der Waals surface area (Å²) < 4.78 is 11.3. The first-order valence-electron chi connectivity index (χ1n) is 11.4. The van der Waals surface area contributed by atoms with Crippen molar-refractivity contribution in [1.82, 2.24) is 15.1 Å². The van der Waals surface area contributed by atoms with Crippen LogP contribution in [0.3, 0.4) is 0 Å². The number of nitrogens with zero attached hydrogens (tertiary/aromatic N) is 3. The number of likely N-dealkylation sites (tertiary alicyclic amines) is 2. The average molecular weight is 411 g/mol. The maximum atomic E-state index is 12.4. The first kappa shape index (κ1) is 23.8. The fourth-order valence-electron chi connectivity index (χ4n) is 4.04. The third-order valence-corrected chi connectivity index (χ3v) is 5.45. The van der Waals surface area contributed by atoms with Gasteiger partial charge in [-0.15, -0.1) is 0 Å². The summed E-state index contributed by atoms with van der Waals surface area (Å²) >= 11 is 0. The molecular weight excluding hydrogens is 368 g/mol. The van der Waals surface area contributed by atoms with E-state index < -0.39 is 5.60 Å². The molecule has 2 saturated heterocycles. The first-order chi connectivity index (χ1) is 13.8. The number of carbonyl (C=O) groups excluding carboxylic acids is 1. The zero-order chi connectivity index (χ0) is 21.3. The van der Waals surface area contributed by atoms with Crippen LogP contribution in [0.4, 0.5) is 4.79 Å². The number of carbonyl (C=O) groups is 1. The van der Waals surface area contributed by atoms with Gasteiger partial charge in [0, 0.05) is 45.9 Å². The Morgan fingerprint density at radius 2 is 1.83 bits per heavy atom. The molecule has 0 spiro atoms. The number of nitrogens with one attached hydrogen (secondary N) is 1. The molecule has 1 unspecified atom stereocenters. The van der Waals surface area contributed by atoms with Gasteiger partial charge in [-0.25, -0.2) is 4.79 Å². The lowest BCUT2D eigenvalue weighted by atomic mass is 9.95. The smallest absolute Gasteiger partial charge is 0.410 e. The van der Waals surface area contributed by atoms with Gasteiger partial charge >= 0.3 is 6.09 Å². The van der Waals surface area contributed by atoms with E-state index in [2.05, 4.69) is 24.1 Å². The fourth-order valence-corrected chi connectivity index (χ4v) is 4.04. The summed E-state index contributed by atoms with van der Waals surface area (Å²) in [5.74, 6) is 1.51. The van der Waals surface area contributed by atoms with Gasteiger partial charge in [0.05, 0.1) is 6.10 Å². The molecular formula is C22H42N4O3. The van der Waals surface area contributed by atoms with Crippen molar-refractivity contribution in [2.75, 3.05) is 45.9 Å². The summed E-state index contributed by atoms with van der Waals surface area (Å²) in [4.78, 5) is 21.5. The quantitative estimate of drug-likeness (QED) is 0.536. The van der Waals surface area contributed by atoms with Crippen LogP contribution in [0.2, 0.25) is 0 Å². The summed E-state index contributed by atoms with van der Waals surface area (Å²) in [7, 11) is 0. The third kappa shape index (κ3) is 8.41. The van der Waals surface area contributed by atoms with Crippen molar-refractivity contribution in [3.63, 3.8) is 0 Å². The summed E-state index contributed by atoms with van der Waals surface area (Å²) in [6.45, 7) is 15.9. The molecule has 1 amide bonds. The normalized spacial score (nSPS) is 22.0. The maximum Gasteiger partial charge on any atom is 0.410 e. The second-order valence-corrected chi connectivity index (χ2v) is 9.10. The summed E-state index contributed by atoms with van der Waals surface area (Å²) in [5, 5.41) is 3.44. The summed E-state index contributed by atoms with van der Waals surface area (Å²) in [5.41, 5.74) is -0.440. The van der Waals surface area contributed by atoms with Crippen LogP contribution in [-0.2, 0) is 9.47 Å². The van der Waals surface area contributed by atoms with E-state index in [-0.39, 0.29) is 6.09 Å². The Morgan fingerprint density at radius 1 is 1.10 bits per heavy atom. The summed E-state index contributed by atoms with van der Waals surface area (Å²) in [6.07, 6.45) is 5.53. The Labute approximate surface area is 177 Å². The number of aliphatic imine (C=N–C) groups is 1. The van der Waals surface area contributed by atoms with E-state index in [0.717, 1.165) is 83.9 Å². The Hall–Kier alpha value is -1.50. The minimum absolute atomic E-state index is 0.184. The Morgan fingerprint density at radius 3 is 2.45 bits per heavy atom. The molecule has 0 radical (unpaired) electrons. The van der Waals surface area contributed by atoms with Crippen molar-refractivity contribution < 1.29 is 14.3 Å². The Kier molecular flexibility index (Phi) is 9.53. The molecule has 0 bridgehead atoms. The van der Waals surface area contributed by atoms with Crippen LogP contribution in [0.5, 0.6) is 0 Å². The Bertz CT molecular complexity index is 525. The van der Waals surface area contributed by atoms with Gasteiger partial charge in [-0.3, -0.25) is 4.99 Å². The van der Waals surface area contributed by atoms with Gasteiger partial charge in [-0.05, 0) is 72.6 Å². The van der Waals surface area contributed by atoms with Crippen molar-refractivity contribution in [3.8, 4) is 0 Å². The molecule has 7 heteroatoms. The van der Waals surface area contributed by atoms with E-state index in [1.807, 2.05) is 25.7 Å². The van der Waals surface area contributed by atoms with Crippen molar-refractivity contribution in [1.29, 1.82) is 0 Å². The molecule has 29 heavy (non-hydrogen) atoms. The van der Waals surface area contributed by atoms with Gasteiger partial charge in [-0.1, -0.05) is 0 Å². The van der Waals surface area contributed by atoms with Crippen LogP contribution in [0.25, 0.3) is 0 Å². The lowest BCUT2D eigenvalue weighted by molar-refractivity contribution is 0.0162. The molecule has 168 valence electrons. The number of ether oxygens (including phenoxy) is 2. The molecule has 2 aliphatic rings. The molecule has 0 aromatic rings. The van der Waals surface area contributed by atoms with Crippen LogP contribution in [-0.4, -0.2) is 79.4 Å². The van der Waals surface area contributed by atoms with Gasteiger partial charge < -0.3 is 24.6 Å². The van der Waals surface area contributed by atoms with E-state index in [1.54, 1.807) is 0 Å². The van der Waals surface area contributed by atoms with E-state index >= 15 is 0 Å². The third-order valence-electron chi connectivity index (χ3n) is 5.45. The fraction of sp³-hybridized carbons (Fsp3) is 0.909. The van der Waals surface area contributed by atoms with Crippen LogP contribution in [0.1, 0.15) is 66.7 Å². The van der Waals surface area contributed by atoms with Gasteiger partial charge in [0.2, 0.25) is 0 Å². The highest BCUT2D eigenvalue weighted by Gasteiger charge is 2.27. The van der Waals surface area contributed by atoms with Crippen molar-refractivity contribution >= 4 is 12.1 Å². The van der Waals surface area contributed by atoms with Crippen molar-refractivity contribution in [2.24, 2.45) is 10.9 Å². The molecule has 2 rings (SSSR count). The maximum absolute atomic E-state index is 12.4. The first-order valence-corrected chi connectivity index (χ1v) is 11.4. The van der Waals surface area contributed by atoms with E-state index in [1.165, 1.54) is 0 Å². The van der Waals surface area contributed by atoms with Crippen LogP contribution in [0.15, 0.2) is 4.99 Å². The van der Waals surface area contributed by atoms with Gasteiger partial charge in [-0.2, -0.15) is 0 Å². The standard InChI is InChI=1S/C22H42N4O3/c1-6-23-20(25-15-11-19(12-16-25)28-7-2)24-13-10-18-9-8-14-26(17-18)21(27)29-22(3,4)5/h18-19H,6-17H2,1-5H3,(H,23,24). The Balaban J connectivity index is 1.81. The lowest BCUT2D eigenvalue weighted by Crippen LogP contribution is -2.47. The molecule has 2 aliphatic heterocycles. The SMILES string of the molecule is CCNC(=NCCC1CCCN(C(=O)OC(C)(C)C)C1)N1CCC(OCC)CC1. The van der Waals surface area contributed by atoms with Crippen LogP contribution in [0, 0.1) is 5.92 Å². The topological polar surface area (TPSA) is 66.4 Å². The number of guanidine groups is 1. The zero-order valence-corrected chi connectivity index (χ0v) is 19.2. The van der Waals surface area contributed by atoms with Crippen molar-refractivity contribution in [3.05, 3.63) is 0 Å². The lowest BCUT2D eigenvalue weighted by Gasteiger charge is -2.35.